The van der Waals surface area contributed by atoms with Crippen LogP contribution in [0.25, 0.3) is 5.69 Å². The maximum absolute atomic E-state index is 12.3. The fourth-order valence-corrected chi connectivity index (χ4v) is 2.65. The first-order valence-electron chi connectivity index (χ1n) is 7.38. The van der Waals surface area contributed by atoms with Gasteiger partial charge in [-0.3, -0.25) is 4.79 Å². The molecule has 2 heterocycles. The van der Waals surface area contributed by atoms with E-state index in [-0.39, 0.29) is 24.4 Å². The second-order valence-corrected chi connectivity index (χ2v) is 5.47. The summed E-state index contributed by atoms with van der Waals surface area (Å²) < 4.78 is 1.72. The number of nitrogens with zero attached hydrogens (tertiary/aromatic N) is 2. The molecule has 2 aromatic rings. The van der Waals surface area contributed by atoms with Crippen LogP contribution in [0.3, 0.4) is 0 Å². The summed E-state index contributed by atoms with van der Waals surface area (Å²) in [5, 5.41) is 10.7. The molecule has 1 aromatic carbocycles. The molecule has 1 aliphatic heterocycles. The fraction of sp³-hybridized carbons (Fsp3) is 0.375. The van der Waals surface area contributed by atoms with Crippen molar-refractivity contribution < 1.29 is 4.79 Å². The van der Waals surface area contributed by atoms with Gasteiger partial charge in [0.15, 0.2) is 0 Å². The van der Waals surface area contributed by atoms with Gasteiger partial charge in [-0.1, -0.05) is 18.2 Å². The maximum atomic E-state index is 12.3. The number of hydrogen-bond donors (Lipinski definition) is 2. The number of nitrogens with one attached hydrogen (secondary N) is 2. The Bertz CT molecular complexity index is 614. The SMILES string of the molecule is CC1NCCCC1NC(=O)c1cnn(-c2ccccc2)c1.Cl. The molecule has 1 fully saturated rings. The Kier molecular flexibility index (Phi) is 5.57. The largest absolute Gasteiger partial charge is 0.348 e. The van der Waals surface area contributed by atoms with Gasteiger partial charge in [-0.15, -0.1) is 12.4 Å². The van der Waals surface area contributed by atoms with E-state index in [1.54, 1.807) is 17.1 Å². The monoisotopic (exact) mass is 320 g/mol. The first-order valence-corrected chi connectivity index (χ1v) is 7.38. The van der Waals surface area contributed by atoms with Crippen LogP contribution < -0.4 is 10.6 Å². The summed E-state index contributed by atoms with van der Waals surface area (Å²) in [6, 6.07) is 10.3. The van der Waals surface area contributed by atoms with Gasteiger partial charge in [0.05, 0.1) is 17.4 Å². The molecule has 1 saturated heterocycles. The van der Waals surface area contributed by atoms with Gasteiger partial charge in [0.25, 0.3) is 5.91 Å². The molecule has 2 atom stereocenters. The summed E-state index contributed by atoms with van der Waals surface area (Å²) in [5.74, 6) is -0.0577. The minimum absolute atomic E-state index is 0. The molecule has 5 nitrogen and oxygen atoms in total. The van der Waals surface area contributed by atoms with Crippen molar-refractivity contribution in [3.05, 3.63) is 48.3 Å². The van der Waals surface area contributed by atoms with Crippen LogP contribution in [0.4, 0.5) is 0 Å². The third-order valence-corrected chi connectivity index (χ3v) is 3.94. The minimum atomic E-state index is -0.0577. The summed E-state index contributed by atoms with van der Waals surface area (Å²) in [6.45, 7) is 3.14. The van der Waals surface area contributed by atoms with E-state index in [1.165, 1.54) is 0 Å². The molecule has 22 heavy (non-hydrogen) atoms. The average molecular weight is 321 g/mol. The van der Waals surface area contributed by atoms with E-state index < -0.39 is 0 Å². The van der Waals surface area contributed by atoms with Crippen LogP contribution >= 0.6 is 12.4 Å². The lowest BCUT2D eigenvalue weighted by Gasteiger charge is -2.30. The van der Waals surface area contributed by atoms with Crippen LogP contribution in [0, 0.1) is 0 Å². The lowest BCUT2D eigenvalue weighted by atomic mass is 10.00. The van der Waals surface area contributed by atoms with Crippen molar-refractivity contribution in [3.8, 4) is 5.69 Å². The van der Waals surface area contributed by atoms with E-state index >= 15 is 0 Å². The van der Waals surface area contributed by atoms with Crippen molar-refractivity contribution in [2.24, 2.45) is 0 Å². The van der Waals surface area contributed by atoms with Crippen molar-refractivity contribution in [3.63, 3.8) is 0 Å². The number of amides is 1. The summed E-state index contributed by atoms with van der Waals surface area (Å²) in [4.78, 5) is 12.3. The number of hydrogen-bond acceptors (Lipinski definition) is 3. The molecule has 1 aliphatic rings. The molecule has 2 N–H and O–H groups in total. The van der Waals surface area contributed by atoms with E-state index in [0.29, 0.717) is 11.6 Å². The first-order chi connectivity index (χ1) is 10.2. The number of carbonyl (C=O) groups excluding carboxylic acids is 1. The number of rotatable bonds is 3. The first kappa shape index (κ1) is 16.5. The number of aromatic nitrogens is 2. The van der Waals surface area contributed by atoms with E-state index in [9.17, 15) is 4.79 Å². The Morgan fingerprint density at radius 1 is 1.36 bits per heavy atom. The van der Waals surface area contributed by atoms with Gasteiger partial charge in [-0.25, -0.2) is 4.68 Å². The Balaban J connectivity index is 0.00000176. The highest BCUT2D eigenvalue weighted by atomic mass is 35.5. The van der Waals surface area contributed by atoms with Crippen molar-refractivity contribution in [2.45, 2.75) is 31.8 Å². The average Bonchev–Trinajstić information content (AvgIpc) is 3.00. The molecule has 2 unspecified atom stereocenters. The zero-order valence-electron chi connectivity index (χ0n) is 12.5. The van der Waals surface area contributed by atoms with Crippen LogP contribution in [0.2, 0.25) is 0 Å². The molecule has 0 aliphatic carbocycles. The molecule has 6 heteroatoms. The lowest BCUT2D eigenvalue weighted by molar-refractivity contribution is 0.0920. The van der Waals surface area contributed by atoms with Crippen LogP contribution in [0.5, 0.6) is 0 Å². The molecule has 1 aromatic heterocycles. The minimum Gasteiger partial charge on any atom is -0.348 e. The number of halogens is 1. The summed E-state index contributed by atoms with van der Waals surface area (Å²) in [6.07, 6.45) is 5.50. The van der Waals surface area contributed by atoms with Gasteiger partial charge in [0, 0.05) is 18.3 Å². The van der Waals surface area contributed by atoms with Crippen LogP contribution in [0.1, 0.15) is 30.1 Å². The summed E-state index contributed by atoms with van der Waals surface area (Å²) >= 11 is 0. The third-order valence-electron chi connectivity index (χ3n) is 3.94. The molecule has 0 saturated carbocycles. The lowest BCUT2D eigenvalue weighted by Crippen LogP contribution is -2.51. The van der Waals surface area contributed by atoms with Crippen LogP contribution in [-0.2, 0) is 0 Å². The Morgan fingerprint density at radius 2 is 2.14 bits per heavy atom. The molecule has 3 rings (SSSR count). The second kappa shape index (κ2) is 7.42. The van der Waals surface area contributed by atoms with Gasteiger partial charge in [0.2, 0.25) is 0 Å². The second-order valence-electron chi connectivity index (χ2n) is 5.47. The highest BCUT2D eigenvalue weighted by Gasteiger charge is 2.23. The molecular weight excluding hydrogens is 300 g/mol. The Labute approximate surface area is 136 Å². The topological polar surface area (TPSA) is 58.9 Å². The third kappa shape index (κ3) is 3.67. The Morgan fingerprint density at radius 3 is 2.86 bits per heavy atom. The normalized spacial score (nSPS) is 21.0. The molecular formula is C16H21ClN4O. The molecule has 0 bridgehead atoms. The maximum Gasteiger partial charge on any atom is 0.254 e. The fourth-order valence-electron chi connectivity index (χ4n) is 2.65. The molecule has 0 radical (unpaired) electrons. The molecule has 1 amide bonds. The van der Waals surface area contributed by atoms with Crippen LogP contribution in [0.15, 0.2) is 42.7 Å². The highest BCUT2D eigenvalue weighted by Crippen LogP contribution is 2.11. The Hall–Kier alpha value is -1.85. The van der Waals surface area contributed by atoms with Gasteiger partial charge < -0.3 is 10.6 Å². The molecule has 0 spiro atoms. The quantitative estimate of drug-likeness (QED) is 0.911. The van der Waals surface area contributed by atoms with Crippen molar-refractivity contribution in [1.82, 2.24) is 20.4 Å². The number of para-hydroxylation sites is 1. The number of carbonyl (C=O) groups is 1. The van der Waals surface area contributed by atoms with Gasteiger partial charge in [0.1, 0.15) is 0 Å². The predicted octanol–water partition coefficient (Wildman–Crippen LogP) is 2.16. The van der Waals surface area contributed by atoms with Gasteiger partial charge in [-0.05, 0) is 38.4 Å². The van der Waals surface area contributed by atoms with E-state index in [1.807, 2.05) is 30.3 Å². The van der Waals surface area contributed by atoms with Gasteiger partial charge >= 0.3 is 0 Å². The molecule has 118 valence electrons. The van der Waals surface area contributed by atoms with Crippen LogP contribution in [-0.4, -0.2) is 34.3 Å². The standard InChI is InChI=1S/C16H20N4O.ClH/c1-12-15(8-5-9-17-12)19-16(21)13-10-18-20(11-13)14-6-3-2-4-7-14;/h2-4,6-7,10-12,15,17H,5,8-9H2,1H3,(H,19,21);1H. The number of piperidine rings is 1. The van der Waals surface area contributed by atoms with E-state index in [4.69, 9.17) is 0 Å². The van der Waals surface area contributed by atoms with Gasteiger partial charge in [-0.2, -0.15) is 5.10 Å². The van der Waals surface area contributed by atoms with Crippen molar-refractivity contribution in [2.75, 3.05) is 6.54 Å². The number of benzene rings is 1. The zero-order chi connectivity index (χ0) is 14.7. The summed E-state index contributed by atoms with van der Waals surface area (Å²) in [5.41, 5.74) is 1.54. The van der Waals surface area contributed by atoms with Crippen molar-refractivity contribution in [1.29, 1.82) is 0 Å². The van der Waals surface area contributed by atoms with E-state index in [2.05, 4.69) is 22.7 Å². The van der Waals surface area contributed by atoms with E-state index in [0.717, 1.165) is 25.1 Å². The summed E-state index contributed by atoms with van der Waals surface area (Å²) in [7, 11) is 0. The highest BCUT2D eigenvalue weighted by molar-refractivity contribution is 5.94. The predicted molar refractivity (Wildman–Crippen MR) is 88.8 cm³/mol. The van der Waals surface area contributed by atoms with Crippen molar-refractivity contribution >= 4 is 18.3 Å². The zero-order valence-corrected chi connectivity index (χ0v) is 13.3. The smallest absolute Gasteiger partial charge is 0.254 e.